The van der Waals surface area contributed by atoms with E-state index in [0.717, 1.165) is 11.5 Å². The van der Waals surface area contributed by atoms with Gasteiger partial charge >= 0.3 is 0 Å². The molecular weight excluding hydrogens is 300 g/mol. The molecular formula is C20H24N2O2. The second-order valence-corrected chi connectivity index (χ2v) is 7.39. The number of furan rings is 1. The molecule has 3 aliphatic rings. The SMILES string of the molecule is CN1C2CCCC1CC(N1c3ccccc3OC1c1ccco1)C2. The van der Waals surface area contributed by atoms with Crippen LogP contribution in [0.2, 0.25) is 0 Å². The molecule has 0 radical (unpaired) electrons. The first-order valence-electron chi connectivity index (χ1n) is 9.10. The van der Waals surface area contributed by atoms with Crippen molar-refractivity contribution in [2.75, 3.05) is 11.9 Å². The normalized spacial score (nSPS) is 32.5. The molecule has 2 saturated heterocycles. The Morgan fingerprint density at radius 3 is 2.50 bits per heavy atom. The van der Waals surface area contributed by atoms with Crippen LogP contribution in [0.4, 0.5) is 5.69 Å². The average Bonchev–Trinajstić information content (AvgIpc) is 3.22. The summed E-state index contributed by atoms with van der Waals surface area (Å²) in [5.74, 6) is 1.87. The Hall–Kier alpha value is -1.94. The van der Waals surface area contributed by atoms with Crippen molar-refractivity contribution in [1.29, 1.82) is 0 Å². The Kier molecular flexibility index (Phi) is 3.33. The van der Waals surface area contributed by atoms with Gasteiger partial charge in [0.2, 0.25) is 6.23 Å². The first-order chi connectivity index (χ1) is 11.8. The van der Waals surface area contributed by atoms with Gasteiger partial charge in [-0.3, -0.25) is 0 Å². The highest BCUT2D eigenvalue weighted by molar-refractivity contribution is 5.63. The van der Waals surface area contributed by atoms with Crippen molar-refractivity contribution in [3.05, 3.63) is 48.4 Å². The summed E-state index contributed by atoms with van der Waals surface area (Å²) in [4.78, 5) is 5.09. The minimum Gasteiger partial charge on any atom is -0.463 e. The molecule has 0 N–H and O–H groups in total. The third-order valence-corrected chi connectivity index (χ3v) is 6.13. The second-order valence-electron chi connectivity index (χ2n) is 7.39. The topological polar surface area (TPSA) is 28.9 Å². The fourth-order valence-electron chi connectivity index (χ4n) is 4.90. The number of para-hydroxylation sites is 2. The molecule has 3 atom stereocenters. The van der Waals surface area contributed by atoms with Gasteiger partial charge in [-0.25, -0.2) is 0 Å². The molecule has 24 heavy (non-hydrogen) atoms. The maximum absolute atomic E-state index is 6.28. The van der Waals surface area contributed by atoms with Gasteiger partial charge < -0.3 is 19.0 Å². The van der Waals surface area contributed by atoms with Gasteiger partial charge in [-0.15, -0.1) is 0 Å². The molecule has 4 heterocycles. The molecule has 0 spiro atoms. The van der Waals surface area contributed by atoms with Crippen molar-refractivity contribution in [3.8, 4) is 5.75 Å². The highest BCUT2D eigenvalue weighted by Gasteiger charge is 2.44. The first kappa shape index (κ1) is 14.4. The number of rotatable bonds is 2. The number of hydrogen-bond donors (Lipinski definition) is 0. The third-order valence-electron chi connectivity index (χ3n) is 6.13. The van der Waals surface area contributed by atoms with Gasteiger partial charge in [-0.05, 0) is 57.0 Å². The fourth-order valence-corrected chi connectivity index (χ4v) is 4.90. The molecule has 1 aromatic heterocycles. The number of benzene rings is 1. The van der Waals surface area contributed by atoms with Gasteiger partial charge in [-0.2, -0.15) is 0 Å². The minimum atomic E-state index is -0.133. The Labute approximate surface area is 143 Å². The molecule has 4 heteroatoms. The van der Waals surface area contributed by atoms with E-state index in [1.54, 1.807) is 6.26 Å². The molecule has 0 aliphatic carbocycles. The average molecular weight is 324 g/mol. The largest absolute Gasteiger partial charge is 0.463 e. The number of hydrogen-bond acceptors (Lipinski definition) is 4. The standard InChI is InChI=1S/C20H24N2O2/c1-21-14-6-4-7-15(21)13-16(12-14)22-17-8-2-3-9-18(17)24-20(22)19-10-5-11-23-19/h2-3,5,8-11,14-16,20H,4,6-7,12-13H2,1H3. The third kappa shape index (κ3) is 2.16. The summed E-state index contributed by atoms with van der Waals surface area (Å²) in [5.41, 5.74) is 1.21. The van der Waals surface area contributed by atoms with Crippen LogP contribution < -0.4 is 9.64 Å². The molecule has 3 unspecified atom stereocenters. The van der Waals surface area contributed by atoms with Crippen LogP contribution in [0.3, 0.4) is 0 Å². The second kappa shape index (κ2) is 5.55. The Morgan fingerprint density at radius 1 is 0.958 bits per heavy atom. The van der Waals surface area contributed by atoms with Crippen molar-refractivity contribution in [2.45, 2.75) is 56.5 Å². The smallest absolute Gasteiger partial charge is 0.231 e. The van der Waals surface area contributed by atoms with E-state index in [4.69, 9.17) is 9.15 Å². The predicted octanol–water partition coefficient (Wildman–Crippen LogP) is 4.19. The van der Waals surface area contributed by atoms with Gasteiger partial charge in [0.1, 0.15) is 5.75 Å². The van der Waals surface area contributed by atoms with Crippen molar-refractivity contribution in [1.82, 2.24) is 4.90 Å². The molecule has 4 nitrogen and oxygen atoms in total. The zero-order valence-electron chi connectivity index (χ0n) is 14.1. The fraction of sp³-hybridized carbons (Fsp3) is 0.500. The van der Waals surface area contributed by atoms with Crippen molar-refractivity contribution < 1.29 is 9.15 Å². The number of fused-ring (bicyclic) bond motifs is 3. The van der Waals surface area contributed by atoms with E-state index >= 15 is 0 Å². The van der Waals surface area contributed by atoms with Gasteiger partial charge in [0, 0.05) is 18.1 Å². The lowest BCUT2D eigenvalue weighted by Crippen LogP contribution is -2.55. The van der Waals surface area contributed by atoms with Crippen LogP contribution in [0.15, 0.2) is 47.1 Å². The van der Waals surface area contributed by atoms with Gasteiger partial charge in [0.05, 0.1) is 12.0 Å². The van der Waals surface area contributed by atoms with Crippen LogP contribution in [0.25, 0.3) is 0 Å². The van der Waals surface area contributed by atoms with E-state index in [-0.39, 0.29) is 6.23 Å². The summed E-state index contributed by atoms with van der Waals surface area (Å²) < 4.78 is 12.0. The van der Waals surface area contributed by atoms with Crippen molar-refractivity contribution in [3.63, 3.8) is 0 Å². The lowest BCUT2D eigenvalue weighted by atomic mass is 9.81. The Morgan fingerprint density at radius 2 is 1.75 bits per heavy atom. The summed E-state index contributed by atoms with van der Waals surface area (Å²) in [5, 5.41) is 0. The van der Waals surface area contributed by atoms with Crippen LogP contribution >= 0.6 is 0 Å². The minimum absolute atomic E-state index is 0.133. The predicted molar refractivity (Wildman–Crippen MR) is 93.2 cm³/mol. The zero-order chi connectivity index (χ0) is 16.1. The molecule has 3 aliphatic heterocycles. The molecule has 2 bridgehead atoms. The maximum Gasteiger partial charge on any atom is 0.231 e. The van der Waals surface area contributed by atoms with Crippen molar-refractivity contribution in [2.24, 2.45) is 0 Å². The van der Waals surface area contributed by atoms with Crippen LogP contribution in [0, 0.1) is 0 Å². The number of nitrogens with zero attached hydrogens (tertiary/aromatic N) is 2. The summed E-state index contributed by atoms with van der Waals surface area (Å²) in [7, 11) is 2.31. The van der Waals surface area contributed by atoms with E-state index in [2.05, 4.69) is 35.0 Å². The van der Waals surface area contributed by atoms with Crippen LogP contribution in [-0.4, -0.2) is 30.1 Å². The molecule has 0 saturated carbocycles. The Balaban J connectivity index is 1.51. The van der Waals surface area contributed by atoms with E-state index < -0.39 is 0 Å². The number of ether oxygens (including phenoxy) is 1. The van der Waals surface area contributed by atoms with Crippen LogP contribution in [-0.2, 0) is 0 Å². The first-order valence-corrected chi connectivity index (χ1v) is 9.10. The number of piperidine rings is 2. The Bertz CT molecular complexity index is 700. The lowest BCUT2D eigenvalue weighted by molar-refractivity contribution is 0.0466. The van der Waals surface area contributed by atoms with Crippen molar-refractivity contribution >= 4 is 5.69 Å². The monoisotopic (exact) mass is 324 g/mol. The molecule has 1 aromatic carbocycles. The van der Waals surface area contributed by atoms with Gasteiger partial charge in [-0.1, -0.05) is 18.6 Å². The molecule has 126 valence electrons. The molecule has 5 rings (SSSR count). The quantitative estimate of drug-likeness (QED) is 0.828. The van der Waals surface area contributed by atoms with E-state index in [1.165, 1.54) is 37.8 Å². The lowest BCUT2D eigenvalue weighted by Gasteiger charge is -2.49. The van der Waals surface area contributed by atoms with E-state index in [0.29, 0.717) is 18.1 Å². The zero-order valence-corrected chi connectivity index (χ0v) is 14.1. The number of anilines is 1. The molecule has 2 fully saturated rings. The molecule has 0 amide bonds. The summed E-state index contributed by atoms with van der Waals surface area (Å²) >= 11 is 0. The van der Waals surface area contributed by atoms with E-state index in [9.17, 15) is 0 Å². The van der Waals surface area contributed by atoms with Gasteiger partial charge in [0.15, 0.2) is 5.76 Å². The van der Waals surface area contributed by atoms with E-state index in [1.807, 2.05) is 18.2 Å². The summed E-state index contributed by atoms with van der Waals surface area (Å²) in [6, 6.07) is 14.3. The van der Waals surface area contributed by atoms with Gasteiger partial charge in [0.25, 0.3) is 0 Å². The highest BCUT2D eigenvalue weighted by Crippen LogP contribution is 2.48. The van der Waals surface area contributed by atoms with Crippen LogP contribution in [0.5, 0.6) is 5.75 Å². The molecule has 2 aromatic rings. The van der Waals surface area contributed by atoms with Crippen LogP contribution in [0.1, 0.15) is 44.1 Å². The summed E-state index contributed by atoms with van der Waals surface area (Å²) in [6.07, 6.45) is 8.05. The maximum atomic E-state index is 6.28. The highest BCUT2D eigenvalue weighted by atomic mass is 16.5. The summed E-state index contributed by atoms with van der Waals surface area (Å²) in [6.45, 7) is 0.